The van der Waals surface area contributed by atoms with Gasteiger partial charge in [0.15, 0.2) is 0 Å². The zero-order chi connectivity index (χ0) is 15.5. The summed E-state index contributed by atoms with van der Waals surface area (Å²) in [6, 6.07) is 8.57. The summed E-state index contributed by atoms with van der Waals surface area (Å²) in [5.74, 6) is 1.78. The van der Waals surface area contributed by atoms with Gasteiger partial charge in [0.25, 0.3) is 0 Å². The number of rotatable bonds is 4. The summed E-state index contributed by atoms with van der Waals surface area (Å²) in [6.07, 6.45) is 0. The first kappa shape index (κ1) is 15.0. The molecule has 0 aliphatic carbocycles. The van der Waals surface area contributed by atoms with Gasteiger partial charge < -0.3 is 15.1 Å². The van der Waals surface area contributed by atoms with Gasteiger partial charge in [-0.1, -0.05) is 19.1 Å². The summed E-state index contributed by atoms with van der Waals surface area (Å²) in [5.41, 5.74) is 1.01. The highest BCUT2D eigenvalue weighted by Crippen LogP contribution is 2.24. The molecule has 0 saturated carbocycles. The van der Waals surface area contributed by atoms with Crippen LogP contribution in [0, 0.1) is 0 Å². The maximum Gasteiger partial charge on any atom is 0.227 e. The average Bonchev–Trinajstić information content (AvgIpc) is 2.54. The Morgan fingerprint density at radius 1 is 1.09 bits per heavy atom. The van der Waals surface area contributed by atoms with E-state index in [9.17, 15) is 0 Å². The third kappa shape index (κ3) is 3.14. The number of anilines is 2. The lowest BCUT2D eigenvalue weighted by molar-refractivity contribution is 0.270. The van der Waals surface area contributed by atoms with Crippen LogP contribution in [0.1, 0.15) is 20.8 Å². The van der Waals surface area contributed by atoms with Crippen molar-refractivity contribution >= 4 is 22.7 Å². The monoisotopic (exact) mass is 299 g/mol. The molecular weight excluding hydrogens is 274 g/mol. The first-order valence-electron chi connectivity index (χ1n) is 8.18. The predicted octanol–water partition coefficient (Wildman–Crippen LogP) is 2.59. The number of piperazine rings is 1. The molecule has 3 rings (SSSR count). The van der Waals surface area contributed by atoms with Gasteiger partial charge in [0.1, 0.15) is 5.82 Å². The van der Waals surface area contributed by atoms with Crippen LogP contribution in [-0.2, 0) is 0 Å². The van der Waals surface area contributed by atoms with Crippen molar-refractivity contribution in [2.45, 2.75) is 26.8 Å². The Morgan fingerprint density at radius 3 is 2.50 bits per heavy atom. The fourth-order valence-corrected chi connectivity index (χ4v) is 2.85. The van der Waals surface area contributed by atoms with Crippen LogP contribution in [0.2, 0.25) is 0 Å². The molecule has 1 aliphatic rings. The van der Waals surface area contributed by atoms with Crippen molar-refractivity contribution in [3.63, 3.8) is 0 Å². The lowest BCUT2D eigenvalue weighted by atomic mass is 10.2. The van der Waals surface area contributed by atoms with Crippen molar-refractivity contribution in [1.29, 1.82) is 0 Å². The highest BCUT2D eigenvalue weighted by Gasteiger charge is 2.19. The zero-order valence-corrected chi connectivity index (χ0v) is 13.7. The fraction of sp³-hybridized carbons (Fsp3) is 0.529. The van der Waals surface area contributed by atoms with Gasteiger partial charge in [-0.25, -0.2) is 4.98 Å². The highest BCUT2D eigenvalue weighted by molar-refractivity contribution is 5.90. The minimum absolute atomic E-state index is 0.350. The first-order valence-corrected chi connectivity index (χ1v) is 8.18. The number of aromatic nitrogens is 2. The maximum absolute atomic E-state index is 4.80. The minimum atomic E-state index is 0.350. The number of fused-ring (bicyclic) bond motifs is 1. The summed E-state index contributed by atoms with van der Waals surface area (Å²) in [4.78, 5) is 14.3. The van der Waals surface area contributed by atoms with Crippen LogP contribution in [0.3, 0.4) is 0 Å². The van der Waals surface area contributed by atoms with E-state index in [0.717, 1.165) is 55.4 Å². The molecule has 1 fully saturated rings. The molecule has 0 unspecified atom stereocenters. The molecule has 0 radical (unpaired) electrons. The molecule has 1 aromatic heterocycles. The third-order valence-corrected chi connectivity index (χ3v) is 4.12. The van der Waals surface area contributed by atoms with Crippen LogP contribution in [-0.4, -0.2) is 53.6 Å². The molecule has 0 amide bonds. The number of benzene rings is 1. The minimum Gasteiger partial charge on any atom is -0.367 e. The van der Waals surface area contributed by atoms with E-state index in [0.29, 0.717) is 6.04 Å². The van der Waals surface area contributed by atoms with E-state index in [2.05, 4.69) is 48.0 Å². The molecule has 5 heteroatoms. The van der Waals surface area contributed by atoms with Crippen LogP contribution >= 0.6 is 0 Å². The van der Waals surface area contributed by atoms with Gasteiger partial charge in [0, 0.05) is 37.6 Å². The standard InChI is InChI=1S/C17H25N5/c1-4-21-9-11-22(12-10-21)17-19-15-8-6-5-7-14(15)16(20-17)18-13(2)3/h5-8,13H,4,9-12H2,1-3H3,(H,18,19,20). The summed E-state index contributed by atoms with van der Waals surface area (Å²) in [5, 5.41) is 4.55. The molecule has 0 atom stereocenters. The normalized spacial score (nSPS) is 16.5. The number of likely N-dealkylation sites (N-methyl/N-ethyl adjacent to an activating group) is 1. The second kappa shape index (κ2) is 6.48. The lowest BCUT2D eigenvalue weighted by Gasteiger charge is -2.34. The van der Waals surface area contributed by atoms with Crippen molar-refractivity contribution in [3.8, 4) is 0 Å². The molecule has 1 aliphatic heterocycles. The first-order chi connectivity index (χ1) is 10.7. The van der Waals surface area contributed by atoms with E-state index in [4.69, 9.17) is 9.97 Å². The molecule has 0 spiro atoms. The van der Waals surface area contributed by atoms with E-state index in [-0.39, 0.29) is 0 Å². The van der Waals surface area contributed by atoms with Gasteiger partial charge in [-0.2, -0.15) is 4.98 Å². The van der Waals surface area contributed by atoms with E-state index in [1.165, 1.54) is 0 Å². The van der Waals surface area contributed by atoms with Gasteiger partial charge >= 0.3 is 0 Å². The molecule has 118 valence electrons. The maximum atomic E-state index is 4.80. The van der Waals surface area contributed by atoms with Crippen molar-refractivity contribution in [2.24, 2.45) is 0 Å². The van der Waals surface area contributed by atoms with Crippen LogP contribution < -0.4 is 10.2 Å². The third-order valence-electron chi connectivity index (χ3n) is 4.12. The van der Waals surface area contributed by atoms with Gasteiger partial charge in [0.2, 0.25) is 5.95 Å². The SMILES string of the molecule is CCN1CCN(c2nc(NC(C)C)c3ccccc3n2)CC1. The Balaban J connectivity index is 1.93. The fourth-order valence-electron chi connectivity index (χ4n) is 2.85. The summed E-state index contributed by atoms with van der Waals surface area (Å²) in [7, 11) is 0. The van der Waals surface area contributed by atoms with E-state index in [1.54, 1.807) is 0 Å². The Labute approximate surface area is 132 Å². The molecule has 0 bridgehead atoms. The zero-order valence-electron chi connectivity index (χ0n) is 13.7. The topological polar surface area (TPSA) is 44.3 Å². The van der Waals surface area contributed by atoms with Gasteiger partial charge in [-0.3, -0.25) is 0 Å². The molecule has 2 aromatic rings. The number of hydrogen-bond acceptors (Lipinski definition) is 5. The highest BCUT2D eigenvalue weighted by atomic mass is 15.3. The Morgan fingerprint density at radius 2 is 1.82 bits per heavy atom. The molecule has 22 heavy (non-hydrogen) atoms. The van der Waals surface area contributed by atoms with Crippen LogP contribution in [0.15, 0.2) is 24.3 Å². The lowest BCUT2D eigenvalue weighted by Crippen LogP contribution is -2.46. The van der Waals surface area contributed by atoms with E-state index in [1.807, 2.05) is 12.1 Å². The largest absolute Gasteiger partial charge is 0.367 e. The van der Waals surface area contributed by atoms with Crippen LogP contribution in [0.25, 0.3) is 10.9 Å². The Kier molecular flexibility index (Phi) is 4.43. The Bertz CT molecular complexity index is 632. The molecule has 1 saturated heterocycles. The van der Waals surface area contributed by atoms with Gasteiger partial charge in [-0.15, -0.1) is 0 Å². The van der Waals surface area contributed by atoms with Crippen LogP contribution in [0.4, 0.5) is 11.8 Å². The summed E-state index contributed by atoms with van der Waals surface area (Å²) in [6.45, 7) is 11.8. The van der Waals surface area contributed by atoms with Crippen LogP contribution in [0.5, 0.6) is 0 Å². The molecular formula is C17H25N5. The van der Waals surface area contributed by atoms with Crippen molar-refractivity contribution in [1.82, 2.24) is 14.9 Å². The Hall–Kier alpha value is -1.88. The number of nitrogens with one attached hydrogen (secondary N) is 1. The quantitative estimate of drug-likeness (QED) is 0.940. The van der Waals surface area contributed by atoms with Crippen molar-refractivity contribution in [2.75, 3.05) is 42.9 Å². The summed E-state index contributed by atoms with van der Waals surface area (Å²) >= 11 is 0. The van der Waals surface area contributed by atoms with E-state index >= 15 is 0 Å². The summed E-state index contributed by atoms with van der Waals surface area (Å²) < 4.78 is 0. The number of nitrogens with zero attached hydrogens (tertiary/aromatic N) is 4. The second-order valence-electron chi connectivity index (χ2n) is 6.11. The average molecular weight is 299 g/mol. The van der Waals surface area contributed by atoms with Gasteiger partial charge in [0.05, 0.1) is 5.52 Å². The van der Waals surface area contributed by atoms with Crippen molar-refractivity contribution < 1.29 is 0 Å². The van der Waals surface area contributed by atoms with Crippen molar-refractivity contribution in [3.05, 3.63) is 24.3 Å². The number of hydrogen-bond donors (Lipinski definition) is 1. The van der Waals surface area contributed by atoms with Gasteiger partial charge in [-0.05, 0) is 32.5 Å². The molecule has 1 N–H and O–H groups in total. The smallest absolute Gasteiger partial charge is 0.227 e. The second-order valence-corrected chi connectivity index (χ2v) is 6.11. The molecule has 5 nitrogen and oxygen atoms in total. The molecule has 1 aromatic carbocycles. The predicted molar refractivity (Wildman–Crippen MR) is 92.6 cm³/mol. The van der Waals surface area contributed by atoms with E-state index < -0.39 is 0 Å². The number of para-hydroxylation sites is 1. The molecule has 2 heterocycles.